The number of amides is 1. The molecule has 0 atom stereocenters. The number of halogens is 1. The van der Waals surface area contributed by atoms with Crippen LogP contribution in [0.15, 0.2) is 41.3 Å². The van der Waals surface area contributed by atoms with Crippen LogP contribution in [0, 0.1) is 0 Å². The summed E-state index contributed by atoms with van der Waals surface area (Å²) in [6.07, 6.45) is 1.53. The number of benzene rings is 2. The molecule has 0 aromatic heterocycles. The number of nitrogens with zero attached hydrogens (tertiary/aromatic N) is 1. The van der Waals surface area contributed by atoms with Gasteiger partial charge in [0.1, 0.15) is 5.75 Å². The summed E-state index contributed by atoms with van der Waals surface area (Å²) in [6, 6.07) is 10.1. The normalized spacial score (nSPS) is 11.5. The van der Waals surface area contributed by atoms with Crippen LogP contribution < -0.4 is 10.1 Å². The van der Waals surface area contributed by atoms with E-state index in [1.807, 2.05) is 32.0 Å². The van der Waals surface area contributed by atoms with Crippen LogP contribution in [0.5, 0.6) is 5.75 Å². The highest BCUT2D eigenvalue weighted by Crippen LogP contribution is 2.28. The molecule has 0 unspecified atom stereocenters. The van der Waals surface area contributed by atoms with E-state index in [2.05, 4.69) is 5.32 Å². The molecular formula is C21H27ClN2O4S. The third kappa shape index (κ3) is 5.29. The molecule has 6 nitrogen and oxygen atoms in total. The largest absolute Gasteiger partial charge is 0.495 e. The van der Waals surface area contributed by atoms with Crippen LogP contribution in [-0.4, -0.2) is 38.8 Å². The molecule has 29 heavy (non-hydrogen) atoms. The Hall–Kier alpha value is -2.09. The van der Waals surface area contributed by atoms with E-state index in [0.717, 1.165) is 34.0 Å². The molecule has 0 aliphatic carbocycles. The van der Waals surface area contributed by atoms with Crippen molar-refractivity contribution in [2.75, 3.05) is 25.5 Å². The Balaban J connectivity index is 2.25. The molecule has 1 amide bonds. The van der Waals surface area contributed by atoms with Crippen molar-refractivity contribution >= 4 is 33.2 Å². The van der Waals surface area contributed by atoms with Gasteiger partial charge in [0.05, 0.1) is 23.6 Å². The maximum Gasteiger partial charge on any atom is 0.243 e. The molecule has 2 aromatic rings. The van der Waals surface area contributed by atoms with E-state index >= 15 is 0 Å². The van der Waals surface area contributed by atoms with Crippen molar-refractivity contribution in [2.45, 2.75) is 38.5 Å². The summed E-state index contributed by atoms with van der Waals surface area (Å²) in [6.45, 7) is 5.58. The molecule has 0 spiro atoms. The summed E-state index contributed by atoms with van der Waals surface area (Å²) in [7, 11) is -2.43. The topological polar surface area (TPSA) is 75.7 Å². The summed E-state index contributed by atoms with van der Waals surface area (Å²) >= 11 is 6.08. The van der Waals surface area contributed by atoms with Crippen LogP contribution in [0.4, 0.5) is 5.69 Å². The Kier molecular flexibility index (Phi) is 8.07. The number of anilines is 1. The third-order valence-electron chi connectivity index (χ3n) is 4.70. The fourth-order valence-corrected chi connectivity index (χ4v) is 4.82. The predicted molar refractivity (Wildman–Crippen MR) is 116 cm³/mol. The standard InChI is InChI=1S/C21H27ClN2O4S/c1-5-15-9-8-10-16(6-2)21(15)23-20(25)14-24(7-3)29(26,27)17-11-12-19(28-4)18(22)13-17/h8-13H,5-7,14H2,1-4H3,(H,23,25). The van der Waals surface area contributed by atoms with E-state index in [1.54, 1.807) is 6.92 Å². The summed E-state index contributed by atoms with van der Waals surface area (Å²) in [4.78, 5) is 12.7. The van der Waals surface area contributed by atoms with Crippen LogP contribution in [0.1, 0.15) is 31.9 Å². The molecule has 0 aliphatic rings. The first-order valence-corrected chi connectivity index (χ1v) is 11.3. The second-order valence-electron chi connectivity index (χ2n) is 6.43. The minimum Gasteiger partial charge on any atom is -0.495 e. The second-order valence-corrected chi connectivity index (χ2v) is 8.78. The first-order valence-electron chi connectivity index (χ1n) is 9.52. The molecule has 0 saturated carbocycles. The first-order chi connectivity index (χ1) is 13.8. The van der Waals surface area contributed by atoms with Gasteiger partial charge in [0.2, 0.25) is 15.9 Å². The third-order valence-corrected chi connectivity index (χ3v) is 6.91. The van der Waals surface area contributed by atoms with Crippen molar-refractivity contribution < 1.29 is 17.9 Å². The number of para-hydroxylation sites is 1. The molecule has 8 heteroatoms. The zero-order valence-electron chi connectivity index (χ0n) is 17.2. The number of methoxy groups -OCH3 is 1. The number of nitrogens with one attached hydrogen (secondary N) is 1. The molecule has 1 N–H and O–H groups in total. The predicted octanol–water partition coefficient (Wildman–Crippen LogP) is 4.12. The van der Waals surface area contributed by atoms with Gasteiger partial charge in [-0.3, -0.25) is 4.79 Å². The molecule has 0 aliphatic heterocycles. The maximum absolute atomic E-state index is 13.0. The number of hydrogen-bond donors (Lipinski definition) is 1. The molecule has 0 radical (unpaired) electrons. The summed E-state index contributed by atoms with van der Waals surface area (Å²) in [5, 5.41) is 3.10. The highest BCUT2D eigenvalue weighted by molar-refractivity contribution is 7.89. The average molecular weight is 439 g/mol. The highest BCUT2D eigenvalue weighted by Gasteiger charge is 2.26. The SMILES string of the molecule is CCc1cccc(CC)c1NC(=O)CN(CC)S(=O)(=O)c1ccc(OC)c(Cl)c1. The first kappa shape index (κ1) is 23.2. The zero-order valence-corrected chi connectivity index (χ0v) is 18.7. The lowest BCUT2D eigenvalue weighted by Crippen LogP contribution is -2.38. The smallest absolute Gasteiger partial charge is 0.243 e. The van der Waals surface area contributed by atoms with Crippen LogP contribution in [0.2, 0.25) is 5.02 Å². The molecule has 0 fully saturated rings. The van der Waals surface area contributed by atoms with Crippen LogP contribution in [-0.2, 0) is 27.7 Å². The fraction of sp³-hybridized carbons (Fsp3) is 0.381. The molecular weight excluding hydrogens is 412 g/mol. The summed E-state index contributed by atoms with van der Waals surface area (Å²) in [5.41, 5.74) is 2.81. The number of carbonyl (C=O) groups is 1. The molecule has 0 saturated heterocycles. The monoisotopic (exact) mass is 438 g/mol. The quantitative estimate of drug-likeness (QED) is 0.638. The number of carbonyl (C=O) groups excluding carboxylic acids is 1. The molecule has 2 aromatic carbocycles. The zero-order chi connectivity index (χ0) is 21.6. The van der Waals surface area contributed by atoms with Gasteiger partial charge in [0.25, 0.3) is 0 Å². The Morgan fingerprint density at radius 1 is 1.10 bits per heavy atom. The lowest BCUT2D eigenvalue weighted by molar-refractivity contribution is -0.116. The van der Waals surface area contributed by atoms with Crippen molar-refractivity contribution in [2.24, 2.45) is 0 Å². The van der Waals surface area contributed by atoms with Crippen molar-refractivity contribution in [3.05, 3.63) is 52.5 Å². The van der Waals surface area contributed by atoms with Crippen LogP contribution >= 0.6 is 11.6 Å². The molecule has 2 rings (SSSR count). The van der Waals surface area contributed by atoms with Crippen molar-refractivity contribution in [1.82, 2.24) is 4.31 Å². The molecule has 0 bridgehead atoms. The van der Waals surface area contributed by atoms with Crippen LogP contribution in [0.25, 0.3) is 0 Å². The van der Waals surface area contributed by atoms with E-state index in [4.69, 9.17) is 16.3 Å². The number of hydrogen-bond acceptors (Lipinski definition) is 4. The van der Waals surface area contributed by atoms with Gasteiger partial charge in [-0.25, -0.2) is 8.42 Å². The minimum absolute atomic E-state index is 0.0150. The fourth-order valence-electron chi connectivity index (χ4n) is 3.07. The van der Waals surface area contributed by atoms with E-state index in [-0.39, 0.29) is 28.9 Å². The van der Waals surface area contributed by atoms with Gasteiger partial charge < -0.3 is 10.1 Å². The second kappa shape index (κ2) is 10.1. The number of sulfonamides is 1. The Morgan fingerprint density at radius 3 is 2.21 bits per heavy atom. The lowest BCUT2D eigenvalue weighted by atomic mass is 10.0. The summed E-state index contributed by atoms with van der Waals surface area (Å²) < 4.78 is 32.2. The van der Waals surface area contributed by atoms with E-state index in [9.17, 15) is 13.2 Å². The van der Waals surface area contributed by atoms with Gasteiger partial charge in [-0.1, -0.05) is 50.6 Å². The van der Waals surface area contributed by atoms with E-state index in [0.29, 0.717) is 5.75 Å². The number of aryl methyl sites for hydroxylation is 2. The van der Waals surface area contributed by atoms with E-state index < -0.39 is 10.0 Å². The van der Waals surface area contributed by atoms with Gasteiger partial charge in [-0.2, -0.15) is 4.31 Å². The van der Waals surface area contributed by atoms with Gasteiger partial charge in [0.15, 0.2) is 0 Å². The Morgan fingerprint density at radius 2 is 1.72 bits per heavy atom. The molecule has 0 heterocycles. The molecule has 158 valence electrons. The summed E-state index contributed by atoms with van der Waals surface area (Å²) in [5.74, 6) is 0.000287. The van der Waals surface area contributed by atoms with Gasteiger partial charge in [-0.05, 0) is 42.2 Å². The number of likely N-dealkylation sites (N-methyl/N-ethyl adjacent to an activating group) is 1. The minimum atomic E-state index is -3.88. The lowest BCUT2D eigenvalue weighted by Gasteiger charge is -2.21. The number of rotatable bonds is 9. The Labute approximate surface area is 177 Å². The van der Waals surface area contributed by atoms with Crippen molar-refractivity contribution in [1.29, 1.82) is 0 Å². The Bertz CT molecular complexity index is 954. The van der Waals surface area contributed by atoms with E-state index in [1.165, 1.54) is 25.3 Å². The average Bonchev–Trinajstić information content (AvgIpc) is 2.71. The van der Waals surface area contributed by atoms with Gasteiger partial charge in [-0.15, -0.1) is 0 Å². The maximum atomic E-state index is 13.0. The van der Waals surface area contributed by atoms with Crippen molar-refractivity contribution in [3.8, 4) is 5.75 Å². The highest BCUT2D eigenvalue weighted by atomic mass is 35.5. The van der Waals surface area contributed by atoms with Gasteiger partial charge in [0, 0.05) is 12.2 Å². The van der Waals surface area contributed by atoms with Crippen LogP contribution in [0.3, 0.4) is 0 Å². The van der Waals surface area contributed by atoms with Gasteiger partial charge >= 0.3 is 0 Å². The van der Waals surface area contributed by atoms with Crippen molar-refractivity contribution in [3.63, 3.8) is 0 Å². The number of ether oxygens (including phenoxy) is 1.